The zero-order valence-electron chi connectivity index (χ0n) is 17.8. The highest BCUT2D eigenvalue weighted by atomic mass is 32.2. The van der Waals surface area contributed by atoms with Gasteiger partial charge >= 0.3 is 0 Å². The fraction of sp³-hybridized carbons (Fsp3) is 0.261. The van der Waals surface area contributed by atoms with Crippen molar-refractivity contribution in [2.45, 2.75) is 32.0 Å². The molecule has 1 atom stereocenters. The van der Waals surface area contributed by atoms with Crippen molar-refractivity contribution in [1.82, 2.24) is 14.8 Å². The molecule has 1 aliphatic rings. The number of amides is 1. The number of benzene rings is 2. The lowest BCUT2D eigenvalue weighted by Gasteiger charge is -2.29. The van der Waals surface area contributed by atoms with Gasteiger partial charge in [-0.05, 0) is 37.8 Å². The molecule has 2 heterocycles. The molecule has 0 spiro atoms. The number of fused-ring (bicyclic) bond motifs is 1. The average molecular weight is 436 g/mol. The van der Waals surface area contributed by atoms with Crippen LogP contribution in [0.2, 0.25) is 0 Å². The first-order valence-corrected chi connectivity index (χ1v) is 11.3. The van der Waals surface area contributed by atoms with Gasteiger partial charge in [-0.1, -0.05) is 55.1 Å². The zero-order valence-corrected chi connectivity index (χ0v) is 18.6. The van der Waals surface area contributed by atoms with Gasteiger partial charge in [0.05, 0.1) is 12.2 Å². The topological polar surface area (TPSA) is 81.1 Å². The van der Waals surface area contributed by atoms with Crippen molar-refractivity contribution in [2.75, 3.05) is 23.0 Å². The van der Waals surface area contributed by atoms with E-state index in [1.807, 2.05) is 68.4 Å². The second-order valence-corrected chi connectivity index (χ2v) is 8.18. The van der Waals surface area contributed by atoms with Gasteiger partial charge in [-0.2, -0.15) is 4.98 Å². The second kappa shape index (κ2) is 9.26. The van der Waals surface area contributed by atoms with Crippen LogP contribution in [0.4, 0.5) is 11.6 Å². The summed E-state index contributed by atoms with van der Waals surface area (Å²) in [7, 11) is 0. The van der Waals surface area contributed by atoms with E-state index in [1.165, 1.54) is 0 Å². The third kappa shape index (κ3) is 4.29. The van der Waals surface area contributed by atoms with Crippen molar-refractivity contribution in [2.24, 2.45) is 0 Å². The van der Waals surface area contributed by atoms with Crippen LogP contribution in [0, 0.1) is 0 Å². The van der Waals surface area contributed by atoms with Crippen molar-refractivity contribution in [3.05, 3.63) is 71.4 Å². The molecule has 31 heavy (non-hydrogen) atoms. The summed E-state index contributed by atoms with van der Waals surface area (Å²) in [4.78, 5) is 18.1. The number of carbonyl (C=O) groups is 1. The number of ether oxygens (including phenoxy) is 1. The number of anilines is 2. The molecule has 0 fully saturated rings. The summed E-state index contributed by atoms with van der Waals surface area (Å²) in [5, 5.41) is 11.7. The number of carbonyl (C=O) groups excluding carboxylic acids is 1. The van der Waals surface area contributed by atoms with Gasteiger partial charge in [0.15, 0.2) is 0 Å². The smallest absolute Gasteiger partial charge is 0.255 e. The third-order valence-electron chi connectivity index (χ3n) is 4.90. The Kier molecular flexibility index (Phi) is 6.27. The minimum absolute atomic E-state index is 0.196. The molecule has 160 valence electrons. The summed E-state index contributed by atoms with van der Waals surface area (Å²) in [6.45, 7) is 6.42. The van der Waals surface area contributed by atoms with Gasteiger partial charge in [0.2, 0.25) is 11.1 Å². The molecular weight excluding hydrogens is 410 g/mol. The predicted molar refractivity (Wildman–Crippen MR) is 124 cm³/mol. The maximum absolute atomic E-state index is 13.5. The SMILES string of the molecule is CCOc1ccccc1C1C(C(=O)Nc2ccccc2)=C(C)Nc2nc(SCC)nn21. The number of aromatic nitrogens is 3. The zero-order chi connectivity index (χ0) is 21.8. The van der Waals surface area contributed by atoms with E-state index in [-0.39, 0.29) is 5.91 Å². The van der Waals surface area contributed by atoms with Gasteiger partial charge < -0.3 is 15.4 Å². The van der Waals surface area contributed by atoms with Crippen LogP contribution in [-0.4, -0.2) is 33.0 Å². The molecule has 1 aromatic heterocycles. The van der Waals surface area contributed by atoms with Crippen LogP contribution in [0.1, 0.15) is 32.4 Å². The van der Waals surface area contributed by atoms with E-state index in [0.29, 0.717) is 23.3 Å². The Hall–Kier alpha value is -3.26. The molecule has 0 radical (unpaired) electrons. The first-order chi connectivity index (χ1) is 15.1. The highest BCUT2D eigenvalue weighted by Gasteiger charge is 2.36. The highest BCUT2D eigenvalue weighted by Crippen LogP contribution is 2.40. The molecule has 1 amide bonds. The van der Waals surface area contributed by atoms with Gasteiger partial charge in [-0.25, -0.2) is 4.68 Å². The Morgan fingerprint density at radius 1 is 1.16 bits per heavy atom. The van der Waals surface area contributed by atoms with E-state index >= 15 is 0 Å². The number of allylic oxidation sites excluding steroid dienone is 1. The summed E-state index contributed by atoms with van der Waals surface area (Å²) in [5.41, 5.74) is 2.90. The molecule has 3 aromatic rings. The van der Waals surface area contributed by atoms with Crippen LogP contribution in [0.5, 0.6) is 5.75 Å². The third-order valence-corrected chi connectivity index (χ3v) is 5.62. The number of para-hydroxylation sites is 2. The molecule has 0 aliphatic carbocycles. The number of rotatable bonds is 7. The predicted octanol–water partition coefficient (Wildman–Crippen LogP) is 4.72. The standard InChI is InChI=1S/C23H25N5O2S/c1-4-30-18-14-10-9-13-17(18)20-19(21(29)25-16-11-7-6-8-12-16)15(3)24-22-26-23(31-5-2)27-28(20)22/h6-14,20H,4-5H2,1-3H3,(H,25,29)(H,24,26,27). The van der Waals surface area contributed by atoms with Crippen molar-refractivity contribution in [1.29, 1.82) is 0 Å². The lowest BCUT2D eigenvalue weighted by atomic mass is 9.94. The first kappa shape index (κ1) is 21.0. The van der Waals surface area contributed by atoms with Crippen LogP contribution in [0.15, 0.2) is 71.0 Å². The normalized spacial score (nSPS) is 15.3. The van der Waals surface area contributed by atoms with Gasteiger partial charge in [0, 0.05) is 16.9 Å². The quantitative estimate of drug-likeness (QED) is 0.523. The number of nitrogens with zero attached hydrogens (tertiary/aromatic N) is 3. The average Bonchev–Trinajstić information content (AvgIpc) is 3.16. The van der Waals surface area contributed by atoms with Crippen molar-refractivity contribution < 1.29 is 9.53 Å². The molecule has 7 nitrogen and oxygen atoms in total. The van der Waals surface area contributed by atoms with Gasteiger partial charge in [-0.15, -0.1) is 5.10 Å². The van der Waals surface area contributed by atoms with Crippen LogP contribution in [-0.2, 0) is 4.79 Å². The number of nitrogens with one attached hydrogen (secondary N) is 2. The maximum atomic E-state index is 13.5. The molecule has 4 rings (SSSR count). The second-order valence-electron chi connectivity index (χ2n) is 6.95. The fourth-order valence-electron chi connectivity index (χ4n) is 3.62. The highest BCUT2D eigenvalue weighted by molar-refractivity contribution is 7.99. The Bertz CT molecular complexity index is 1110. The largest absolute Gasteiger partial charge is 0.494 e. The van der Waals surface area contributed by atoms with Crippen LogP contribution in [0.25, 0.3) is 0 Å². The Labute approximate surface area is 185 Å². The minimum Gasteiger partial charge on any atom is -0.494 e. The van der Waals surface area contributed by atoms with Gasteiger partial charge in [0.1, 0.15) is 11.8 Å². The fourth-order valence-corrected chi connectivity index (χ4v) is 4.17. The van der Waals surface area contributed by atoms with E-state index in [1.54, 1.807) is 16.4 Å². The monoisotopic (exact) mass is 435 g/mol. The summed E-state index contributed by atoms with van der Waals surface area (Å²) >= 11 is 1.56. The lowest BCUT2D eigenvalue weighted by Crippen LogP contribution is -2.31. The maximum Gasteiger partial charge on any atom is 0.255 e. The van der Waals surface area contributed by atoms with Crippen LogP contribution in [0.3, 0.4) is 0 Å². The number of thioether (sulfide) groups is 1. The summed E-state index contributed by atoms with van der Waals surface area (Å²) in [5.74, 6) is 2.00. The van der Waals surface area contributed by atoms with Crippen molar-refractivity contribution in [3.8, 4) is 5.75 Å². The molecule has 2 N–H and O–H groups in total. The molecule has 0 saturated heterocycles. The van der Waals surface area contributed by atoms with Crippen LogP contribution < -0.4 is 15.4 Å². The van der Waals surface area contributed by atoms with E-state index in [2.05, 4.69) is 22.5 Å². The van der Waals surface area contributed by atoms with E-state index in [0.717, 1.165) is 28.5 Å². The molecular formula is C23H25N5O2S. The molecule has 0 saturated carbocycles. The first-order valence-electron chi connectivity index (χ1n) is 10.3. The van der Waals surface area contributed by atoms with E-state index in [9.17, 15) is 4.79 Å². The molecule has 1 unspecified atom stereocenters. The Morgan fingerprint density at radius 3 is 2.65 bits per heavy atom. The molecule has 0 bridgehead atoms. The minimum atomic E-state index is -0.471. The molecule has 8 heteroatoms. The van der Waals surface area contributed by atoms with Gasteiger partial charge in [-0.3, -0.25) is 4.79 Å². The lowest BCUT2D eigenvalue weighted by molar-refractivity contribution is -0.113. The Balaban J connectivity index is 1.82. The number of hydrogen-bond donors (Lipinski definition) is 2. The Morgan fingerprint density at radius 2 is 1.90 bits per heavy atom. The summed E-state index contributed by atoms with van der Waals surface area (Å²) in [6.07, 6.45) is 0. The van der Waals surface area contributed by atoms with Crippen LogP contribution >= 0.6 is 11.8 Å². The van der Waals surface area contributed by atoms with Gasteiger partial charge in [0.25, 0.3) is 5.91 Å². The molecule has 2 aromatic carbocycles. The van der Waals surface area contributed by atoms with Crippen molar-refractivity contribution >= 4 is 29.3 Å². The van der Waals surface area contributed by atoms with E-state index < -0.39 is 6.04 Å². The summed E-state index contributed by atoms with van der Waals surface area (Å²) in [6, 6.07) is 16.7. The van der Waals surface area contributed by atoms with Crippen molar-refractivity contribution in [3.63, 3.8) is 0 Å². The summed E-state index contributed by atoms with van der Waals surface area (Å²) < 4.78 is 7.68. The molecule has 1 aliphatic heterocycles. The van der Waals surface area contributed by atoms with E-state index in [4.69, 9.17) is 9.84 Å². The number of hydrogen-bond acceptors (Lipinski definition) is 6.